The normalized spacial score (nSPS) is 13.5. The number of nitrogens with zero attached hydrogens (tertiary/aromatic N) is 1. The van der Waals surface area contributed by atoms with Crippen LogP contribution >= 0.6 is 0 Å². The molecule has 3 amide bonds. The van der Waals surface area contributed by atoms with Crippen LogP contribution < -0.4 is 10.6 Å². The van der Waals surface area contributed by atoms with Crippen LogP contribution in [0.2, 0.25) is 0 Å². The minimum absolute atomic E-state index is 0.316. The molecule has 35 heavy (non-hydrogen) atoms. The fourth-order valence-corrected chi connectivity index (χ4v) is 3.39. The summed E-state index contributed by atoms with van der Waals surface area (Å²) in [4.78, 5) is 52.0. The Bertz CT molecular complexity index is 976. The Morgan fingerprint density at radius 3 is 2.29 bits per heavy atom. The number of aryl methyl sites for hydroxylation is 2. The van der Waals surface area contributed by atoms with E-state index in [1.165, 1.54) is 7.11 Å². The SMILES string of the molecule is C#CN(C(=O)C(NC(=O)OC(C)(C)C)C(C)CC)C(C(=O)NCC(=O)OC)c1ccc(C)cc1C. The average Bonchev–Trinajstić information content (AvgIpc) is 2.77. The van der Waals surface area contributed by atoms with Crippen molar-refractivity contribution in [3.05, 3.63) is 34.9 Å². The zero-order valence-corrected chi connectivity index (χ0v) is 21.9. The molecule has 192 valence electrons. The molecular weight excluding hydrogens is 450 g/mol. The van der Waals surface area contributed by atoms with E-state index in [2.05, 4.69) is 21.4 Å². The number of esters is 1. The van der Waals surface area contributed by atoms with Crippen molar-refractivity contribution in [1.29, 1.82) is 0 Å². The maximum atomic E-state index is 13.7. The summed E-state index contributed by atoms with van der Waals surface area (Å²) >= 11 is 0. The van der Waals surface area contributed by atoms with E-state index in [1.807, 2.05) is 19.9 Å². The van der Waals surface area contributed by atoms with Gasteiger partial charge in [0.15, 0.2) is 0 Å². The Hall–Kier alpha value is -3.54. The van der Waals surface area contributed by atoms with Crippen molar-refractivity contribution in [3.8, 4) is 12.5 Å². The number of hydrogen-bond donors (Lipinski definition) is 2. The minimum atomic E-state index is -1.25. The lowest BCUT2D eigenvalue weighted by molar-refractivity contribution is -0.143. The molecule has 0 heterocycles. The predicted molar refractivity (Wildman–Crippen MR) is 132 cm³/mol. The number of amides is 3. The van der Waals surface area contributed by atoms with Crippen LogP contribution in [-0.2, 0) is 23.9 Å². The van der Waals surface area contributed by atoms with Crippen molar-refractivity contribution in [2.75, 3.05) is 13.7 Å². The molecule has 3 unspecified atom stereocenters. The van der Waals surface area contributed by atoms with Crippen molar-refractivity contribution in [2.45, 2.75) is 72.6 Å². The summed E-state index contributed by atoms with van der Waals surface area (Å²) in [6.45, 7) is 12.1. The number of alkyl carbamates (subject to hydrolysis) is 1. The summed E-state index contributed by atoms with van der Waals surface area (Å²) < 4.78 is 9.92. The molecule has 9 nitrogen and oxygen atoms in total. The smallest absolute Gasteiger partial charge is 0.408 e. The second-order valence-electron chi connectivity index (χ2n) is 9.40. The van der Waals surface area contributed by atoms with Gasteiger partial charge in [-0.25, -0.2) is 4.79 Å². The van der Waals surface area contributed by atoms with Gasteiger partial charge in [-0.2, -0.15) is 0 Å². The summed E-state index contributed by atoms with van der Waals surface area (Å²) in [5.74, 6) is -2.27. The molecule has 1 rings (SSSR count). The predicted octanol–water partition coefficient (Wildman–Crippen LogP) is 2.99. The van der Waals surface area contributed by atoms with E-state index in [4.69, 9.17) is 11.2 Å². The molecule has 2 N–H and O–H groups in total. The molecule has 0 aliphatic carbocycles. The minimum Gasteiger partial charge on any atom is -0.468 e. The largest absolute Gasteiger partial charge is 0.468 e. The highest BCUT2D eigenvalue weighted by Gasteiger charge is 2.38. The Morgan fingerprint density at radius 1 is 1.17 bits per heavy atom. The molecule has 3 atom stereocenters. The fraction of sp³-hybridized carbons (Fsp3) is 0.538. The molecule has 1 aromatic rings. The van der Waals surface area contributed by atoms with E-state index < -0.39 is 48.1 Å². The van der Waals surface area contributed by atoms with Gasteiger partial charge in [-0.1, -0.05) is 50.5 Å². The third kappa shape index (κ3) is 8.63. The van der Waals surface area contributed by atoms with E-state index in [0.717, 1.165) is 16.0 Å². The van der Waals surface area contributed by atoms with E-state index in [-0.39, 0.29) is 5.92 Å². The van der Waals surface area contributed by atoms with Gasteiger partial charge in [0, 0.05) is 6.04 Å². The highest BCUT2D eigenvalue weighted by atomic mass is 16.6. The summed E-state index contributed by atoms with van der Waals surface area (Å²) in [6, 6.07) is 5.40. The van der Waals surface area contributed by atoms with Gasteiger partial charge in [0.25, 0.3) is 5.91 Å². The highest BCUT2D eigenvalue weighted by Crippen LogP contribution is 2.27. The van der Waals surface area contributed by atoms with Crippen LogP contribution in [-0.4, -0.2) is 54.1 Å². The first-order valence-corrected chi connectivity index (χ1v) is 11.5. The number of nitrogens with one attached hydrogen (secondary N) is 2. The lowest BCUT2D eigenvalue weighted by Gasteiger charge is -2.33. The number of ether oxygens (including phenoxy) is 2. The number of terminal acetylenes is 1. The monoisotopic (exact) mass is 487 g/mol. The quantitative estimate of drug-likeness (QED) is 0.314. The van der Waals surface area contributed by atoms with E-state index in [1.54, 1.807) is 46.8 Å². The van der Waals surface area contributed by atoms with E-state index in [9.17, 15) is 19.2 Å². The first-order chi connectivity index (χ1) is 16.2. The van der Waals surface area contributed by atoms with Gasteiger partial charge in [-0.3, -0.25) is 19.3 Å². The molecule has 0 bridgehead atoms. The maximum absolute atomic E-state index is 13.7. The van der Waals surface area contributed by atoms with Crippen molar-refractivity contribution in [2.24, 2.45) is 5.92 Å². The Balaban J connectivity index is 3.46. The second-order valence-corrected chi connectivity index (χ2v) is 9.40. The number of benzene rings is 1. The molecule has 0 radical (unpaired) electrons. The van der Waals surface area contributed by atoms with Gasteiger partial charge >= 0.3 is 12.1 Å². The Labute approximate surface area is 207 Å². The second kappa shape index (κ2) is 12.8. The third-order valence-corrected chi connectivity index (χ3v) is 5.39. The molecular formula is C26H37N3O6. The topological polar surface area (TPSA) is 114 Å². The number of methoxy groups -OCH3 is 1. The first-order valence-electron chi connectivity index (χ1n) is 11.5. The standard InChI is InChI=1S/C26H37N3O6/c1-10-17(4)21(28-25(33)35-26(6,7)8)24(32)29(11-2)22(23(31)27-15-20(30)34-9)19-13-12-16(3)14-18(19)5/h2,12-14,17,21-22H,10,15H2,1,3-9H3,(H,27,31)(H,28,33). The van der Waals surface area contributed by atoms with Crippen molar-refractivity contribution < 1.29 is 28.7 Å². The fourth-order valence-electron chi connectivity index (χ4n) is 3.39. The van der Waals surface area contributed by atoms with Crippen LogP contribution in [0.25, 0.3) is 0 Å². The van der Waals surface area contributed by atoms with E-state index in [0.29, 0.717) is 12.0 Å². The number of hydrogen-bond acceptors (Lipinski definition) is 6. The molecule has 1 aromatic carbocycles. The summed E-state index contributed by atoms with van der Waals surface area (Å²) in [6.07, 6.45) is 5.54. The lowest BCUT2D eigenvalue weighted by atomic mass is 9.94. The zero-order chi connectivity index (χ0) is 26.9. The molecule has 0 spiro atoms. The molecule has 0 saturated heterocycles. The molecule has 0 saturated carbocycles. The first kappa shape index (κ1) is 29.5. The number of rotatable bonds is 9. The Kier molecular flexibility index (Phi) is 10.8. The van der Waals surface area contributed by atoms with Crippen molar-refractivity contribution in [3.63, 3.8) is 0 Å². The van der Waals surface area contributed by atoms with Gasteiger partial charge < -0.3 is 20.1 Å². The third-order valence-electron chi connectivity index (χ3n) is 5.39. The van der Waals surface area contributed by atoms with Gasteiger partial charge in [-0.15, -0.1) is 0 Å². The van der Waals surface area contributed by atoms with Crippen molar-refractivity contribution in [1.82, 2.24) is 15.5 Å². The summed E-state index contributed by atoms with van der Waals surface area (Å²) in [5.41, 5.74) is 1.41. The molecule has 0 fully saturated rings. The van der Waals surface area contributed by atoms with Crippen LogP contribution in [0, 0.1) is 32.2 Å². The van der Waals surface area contributed by atoms with Crippen LogP contribution in [0.15, 0.2) is 18.2 Å². The maximum Gasteiger partial charge on any atom is 0.408 e. The Morgan fingerprint density at radius 2 is 1.80 bits per heavy atom. The van der Waals surface area contributed by atoms with Gasteiger partial charge in [0.05, 0.1) is 7.11 Å². The van der Waals surface area contributed by atoms with Gasteiger partial charge in [-0.05, 0) is 51.7 Å². The molecule has 9 heteroatoms. The van der Waals surface area contributed by atoms with Gasteiger partial charge in [0.1, 0.15) is 24.2 Å². The summed E-state index contributed by atoms with van der Waals surface area (Å²) in [7, 11) is 1.20. The van der Waals surface area contributed by atoms with Crippen LogP contribution in [0.5, 0.6) is 0 Å². The molecule has 0 aliphatic heterocycles. The summed E-state index contributed by atoms with van der Waals surface area (Å²) in [5, 5.41) is 5.10. The molecule has 0 aliphatic rings. The average molecular weight is 488 g/mol. The zero-order valence-electron chi connectivity index (χ0n) is 21.9. The highest BCUT2D eigenvalue weighted by molar-refractivity contribution is 5.94. The lowest BCUT2D eigenvalue weighted by Crippen LogP contribution is -2.54. The van der Waals surface area contributed by atoms with Crippen molar-refractivity contribution >= 4 is 23.9 Å². The van der Waals surface area contributed by atoms with Gasteiger partial charge in [0.2, 0.25) is 5.91 Å². The van der Waals surface area contributed by atoms with Crippen LogP contribution in [0.4, 0.5) is 4.79 Å². The van der Waals surface area contributed by atoms with Crippen LogP contribution in [0.1, 0.15) is 63.8 Å². The van der Waals surface area contributed by atoms with E-state index >= 15 is 0 Å². The number of carbonyl (C=O) groups excluding carboxylic acids is 4. The van der Waals surface area contributed by atoms with Crippen LogP contribution in [0.3, 0.4) is 0 Å². The molecule has 0 aromatic heterocycles. The number of carbonyl (C=O) groups is 4.